The highest BCUT2D eigenvalue weighted by Crippen LogP contribution is 2.10. The van der Waals surface area contributed by atoms with Crippen LogP contribution >= 0.6 is 0 Å². The summed E-state index contributed by atoms with van der Waals surface area (Å²) in [6.45, 7) is 0. The predicted octanol–water partition coefficient (Wildman–Crippen LogP) is -0.877. The van der Waals surface area contributed by atoms with Gasteiger partial charge in [0.25, 0.3) is 0 Å². The maximum atomic E-state index is 10.9. The third-order valence-electron chi connectivity index (χ3n) is 1.62. The largest absolute Gasteiger partial charge is 0.238 e. The second-order valence-corrected chi connectivity index (χ2v) is 6.17. The fourth-order valence-electron chi connectivity index (χ4n) is 1.01. The van der Waals surface area contributed by atoms with Crippen molar-refractivity contribution in [3.63, 3.8) is 0 Å². The van der Waals surface area contributed by atoms with E-state index in [1.165, 1.54) is 24.3 Å². The van der Waals surface area contributed by atoms with Crippen molar-refractivity contribution in [2.24, 2.45) is 10.3 Å². The summed E-state index contributed by atoms with van der Waals surface area (Å²) in [5.74, 6) is -0.335. The fourth-order valence-corrected chi connectivity index (χ4v) is 2.18. The SMILES string of the molecule is NS(=O)(=O)Cc1ccc(S(N)(=O)=O)cc1. The van der Waals surface area contributed by atoms with Crippen molar-refractivity contribution in [1.82, 2.24) is 0 Å². The van der Waals surface area contributed by atoms with Gasteiger partial charge in [-0.1, -0.05) is 12.1 Å². The van der Waals surface area contributed by atoms with Gasteiger partial charge < -0.3 is 0 Å². The molecule has 0 aromatic heterocycles. The normalized spacial score (nSPS) is 12.7. The van der Waals surface area contributed by atoms with E-state index < -0.39 is 20.0 Å². The van der Waals surface area contributed by atoms with Crippen LogP contribution in [-0.2, 0) is 25.8 Å². The van der Waals surface area contributed by atoms with E-state index in [0.717, 1.165) is 0 Å². The maximum absolute atomic E-state index is 10.9. The van der Waals surface area contributed by atoms with E-state index in [2.05, 4.69) is 0 Å². The molecule has 8 heteroatoms. The minimum absolute atomic E-state index is 0.0688. The van der Waals surface area contributed by atoms with Gasteiger partial charge >= 0.3 is 0 Å². The van der Waals surface area contributed by atoms with Gasteiger partial charge in [0.05, 0.1) is 10.6 Å². The fraction of sp³-hybridized carbons (Fsp3) is 0.143. The lowest BCUT2D eigenvalue weighted by molar-refractivity contribution is 0.596. The van der Waals surface area contributed by atoms with Crippen LogP contribution in [-0.4, -0.2) is 16.8 Å². The molecule has 0 atom stereocenters. The van der Waals surface area contributed by atoms with E-state index in [-0.39, 0.29) is 10.6 Å². The molecule has 0 fully saturated rings. The summed E-state index contributed by atoms with van der Waals surface area (Å²) >= 11 is 0. The van der Waals surface area contributed by atoms with Crippen molar-refractivity contribution in [3.8, 4) is 0 Å². The number of primary sulfonamides is 2. The number of rotatable bonds is 3. The Bertz CT molecular complexity index is 545. The molecule has 15 heavy (non-hydrogen) atoms. The van der Waals surface area contributed by atoms with Crippen LogP contribution in [0.2, 0.25) is 0 Å². The zero-order valence-electron chi connectivity index (χ0n) is 7.62. The number of hydrogen-bond donors (Lipinski definition) is 2. The lowest BCUT2D eigenvalue weighted by atomic mass is 10.2. The molecule has 0 radical (unpaired) electrons. The molecule has 0 amide bonds. The molecular formula is C7H10N2O4S2. The van der Waals surface area contributed by atoms with Crippen molar-refractivity contribution in [3.05, 3.63) is 29.8 Å². The number of benzene rings is 1. The molecule has 4 N–H and O–H groups in total. The average Bonchev–Trinajstić information content (AvgIpc) is 2.00. The second-order valence-electron chi connectivity index (χ2n) is 3.00. The van der Waals surface area contributed by atoms with Crippen LogP contribution in [0.1, 0.15) is 5.56 Å². The van der Waals surface area contributed by atoms with E-state index in [1.54, 1.807) is 0 Å². The lowest BCUT2D eigenvalue weighted by Crippen LogP contribution is -2.15. The summed E-state index contributed by atoms with van der Waals surface area (Å²) in [6, 6.07) is 5.17. The third-order valence-corrected chi connectivity index (χ3v) is 3.28. The maximum Gasteiger partial charge on any atom is 0.238 e. The monoisotopic (exact) mass is 250 g/mol. The van der Waals surface area contributed by atoms with Gasteiger partial charge in [0.15, 0.2) is 0 Å². The first-order chi connectivity index (χ1) is 6.68. The van der Waals surface area contributed by atoms with E-state index in [0.29, 0.717) is 5.56 Å². The molecule has 0 aliphatic rings. The summed E-state index contributed by atoms with van der Waals surface area (Å²) < 4.78 is 43.2. The highest BCUT2D eigenvalue weighted by Gasteiger charge is 2.09. The molecule has 6 nitrogen and oxygen atoms in total. The Morgan fingerprint density at radius 2 is 1.40 bits per heavy atom. The summed E-state index contributed by atoms with van der Waals surface area (Å²) in [6.07, 6.45) is 0. The lowest BCUT2D eigenvalue weighted by Gasteiger charge is -2.01. The zero-order chi connectivity index (χ0) is 11.7. The second kappa shape index (κ2) is 3.89. The van der Waals surface area contributed by atoms with Gasteiger partial charge in [-0.3, -0.25) is 0 Å². The Morgan fingerprint density at radius 3 is 1.73 bits per heavy atom. The summed E-state index contributed by atoms with van der Waals surface area (Å²) in [5, 5.41) is 9.68. The smallest absolute Gasteiger partial charge is 0.228 e. The molecule has 0 spiro atoms. The van der Waals surface area contributed by atoms with Crippen molar-refractivity contribution >= 4 is 20.0 Å². The summed E-state index contributed by atoms with van der Waals surface area (Å²) in [7, 11) is -7.35. The summed E-state index contributed by atoms with van der Waals surface area (Å²) in [4.78, 5) is -0.0688. The topological polar surface area (TPSA) is 120 Å². The quantitative estimate of drug-likeness (QED) is 0.723. The molecule has 0 aliphatic carbocycles. The highest BCUT2D eigenvalue weighted by atomic mass is 32.2. The van der Waals surface area contributed by atoms with Gasteiger partial charge in [-0.05, 0) is 17.7 Å². The minimum Gasteiger partial charge on any atom is -0.228 e. The standard InChI is InChI=1S/C7H10N2O4S2/c8-14(10,11)5-6-1-3-7(4-2-6)15(9,12)13/h1-4H,5H2,(H2,8,10,11)(H2,9,12,13). The van der Waals surface area contributed by atoms with Gasteiger partial charge in [-0.25, -0.2) is 27.1 Å². The molecule has 1 aromatic rings. The third kappa shape index (κ3) is 3.96. The Labute approximate surface area is 88.0 Å². The number of hydrogen-bond acceptors (Lipinski definition) is 4. The van der Waals surface area contributed by atoms with Crippen LogP contribution < -0.4 is 10.3 Å². The van der Waals surface area contributed by atoms with E-state index >= 15 is 0 Å². The van der Waals surface area contributed by atoms with Gasteiger partial charge in [-0.15, -0.1) is 0 Å². The Hall–Kier alpha value is -0.960. The van der Waals surface area contributed by atoms with Crippen LogP contribution in [0, 0.1) is 0 Å². The number of nitrogens with two attached hydrogens (primary N) is 2. The van der Waals surface area contributed by atoms with Gasteiger partial charge in [-0.2, -0.15) is 0 Å². The first kappa shape index (κ1) is 12.1. The van der Waals surface area contributed by atoms with E-state index in [9.17, 15) is 16.8 Å². The van der Waals surface area contributed by atoms with Crippen LogP contribution in [0.3, 0.4) is 0 Å². The van der Waals surface area contributed by atoms with Crippen molar-refractivity contribution in [2.45, 2.75) is 10.6 Å². The number of sulfonamides is 2. The highest BCUT2D eigenvalue weighted by molar-refractivity contribution is 7.89. The van der Waals surface area contributed by atoms with Crippen LogP contribution in [0.25, 0.3) is 0 Å². The first-order valence-corrected chi connectivity index (χ1v) is 7.07. The average molecular weight is 250 g/mol. The Kier molecular flexibility index (Phi) is 3.14. The first-order valence-electron chi connectivity index (χ1n) is 3.81. The molecular weight excluding hydrogens is 240 g/mol. The van der Waals surface area contributed by atoms with E-state index in [1.807, 2.05) is 0 Å². The molecule has 0 unspecified atom stereocenters. The Balaban J connectivity index is 3.02. The van der Waals surface area contributed by atoms with E-state index in [4.69, 9.17) is 10.3 Å². The molecule has 84 valence electrons. The van der Waals surface area contributed by atoms with Crippen LogP contribution in [0.5, 0.6) is 0 Å². The zero-order valence-corrected chi connectivity index (χ0v) is 9.25. The predicted molar refractivity (Wildman–Crippen MR) is 54.6 cm³/mol. The van der Waals surface area contributed by atoms with Gasteiger partial charge in [0.1, 0.15) is 0 Å². The molecule has 0 heterocycles. The molecule has 0 saturated heterocycles. The van der Waals surface area contributed by atoms with Gasteiger partial charge in [0.2, 0.25) is 20.0 Å². The van der Waals surface area contributed by atoms with Crippen molar-refractivity contribution in [2.75, 3.05) is 0 Å². The van der Waals surface area contributed by atoms with Crippen LogP contribution in [0.15, 0.2) is 29.2 Å². The van der Waals surface area contributed by atoms with Crippen LogP contribution in [0.4, 0.5) is 0 Å². The molecule has 0 saturated carbocycles. The minimum atomic E-state index is -3.74. The van der Waals surface area contributed by atoms with Crippen molar-refractivity contribution < 1.29 is 16.8 Å². The van der Waals surface area contributed by atoms with Gasteiger partial charge in [0, 0.05) is 0 Å². The molecule has 1 aromatic carbocycles. The van der Waals surface area contributed by atoms with Crippen molar-refractivity contribution in [1.29, 1.82) is 0 Å². The Morgan fingerprint density at radius 1 is 0.933 bits per heavy atom. The molecule has 1 rings (SSSR count). The molecule has 0 aliphatic heterocycles. The molecule has 0 bridgehead atoms. The summed E-state index contributed by atoms with van der Waals surface area (Å²) in [5.41, 5.74) is 0.407.